The molecule has 3 N–H and O–H groups in total. The Morgan fingerprint density at radius 3 is 2.50 bits per heavy atom. The van der Waals surface area contributed by atoms with Crippen molar-refractivity contribution in [3.05, 3.63) is 52.5 Å². The van der Waals surface area contributed by atoms with Gasteiger partial charge in [-0.1, -0.05) is 23.7 Å². The molecular weight excluding hydrogens is 493 g/mol. The number of halogens is 2. The van der Waals surface area contributed by atoms with Crippen LogP contribution in [0.1, 0.15) is 18.1 Å². The van der Waals surface area contributed by atoms with Crippen molar-refractivity contribution in [2.75, 3.05) is 27.3 Å². The average molecular weight is 520 g/mol. The second-order valence-electron chi connectivity index (χ2n) is 5.84. The molecule has 0 radical (unpaired) electrons. The van der Waals surface area contributed by atoms with Gasteiger partial charge in [0, 0.05) is 18.1 Å². The topological polar surface area (TPSA) is 75.1 Å². The number of benzene rings is 2. The third-order valence-corrected chi connectivity index (χ3v) is 4.31. The minimum Gasteiger partial charge on any atom is -0.504 e. The van der Waals surface area contributed by atoms with Gasteiger partial charge in [-0.15, -0.1) is 24.0 Å². The van der Waals surface area contributed by atoms with E-state index in [1.54, 1.807) is 19.2 Å². The maximum Gasteiger partial charge on any atom is 0.191 e. The largest absolute Gasteiger partial charge is 0.504 e. The van der Waals surface area contributed by atoms with Crippen LogP contribution in [-0.4, -0.2) is 38.4 Å². The third kappa shape index (κ3) is 7.27. The van der Waals surface area contributed by atoms with Gasteiger partial charge in [0.1, 0.15) is 5.75 Å². The van der Waals surface area contributed by atoms with E-state index in [9.17, 15) is 5.11 Å². The van der Waals surface area contributed by atoms with Gasteiger partial charge >= 0.3 is 0 Å². The molecular formula is C20H27ClIN3O3. The number of aromatic hydroxyl groups is 1. The van der Waals surface area contributed by atoms with Gasteiger partial charge in [-0.25, -0.2) is 4.99 Å². The van der Waals surface area contributed by atoms with Crippen LogP contribution in [0.2, 0.25) is 5.02 Å². The highest BCUT2D eigenvalue weighted by Gasteiger charge is 2.05. The zero-order valence-electron chi connectivity index (χ0n) is 16.3. The first-order chi connectivity index (χ1) is 13.1. The molecule has 0 spiro atoms. The van der Waals surface area contributed by atoms with E-state index in [1.165, 1.54) is 7.11 Å². The standard InChI is InChI=1S/C20H26ClN3O3.HI/c1-4-22-20(24-13-14-5-8-19(27-3)18(25)11-14)23-10-9-15-6-7-16(26-2)12-17(15)21;/h5-8,11-12,25H,4,9-10,13H2,1-3H3,(H2,22,23,24);1H. The summed E-state index contributed by atoms with van der Waals surface area (Å²) in [6, 6.07) is 10.9. The maximum atomic E-state index is 9.86. The van der Waals surface area contributed by atoms with Crippen molar-refractivity contribution >= 4 is 41.5 Å². The number of hydrogen-bond donors (Lipinski definition) is 3. The molecule has 0 atom stereocenters. The Morgan fingerprint density at radius 1 is 1.11 bits per heavy atom. The number of aliphatic imine (C=N–C) groups is 1. The van der Waals surface area contributed by atoms with E-state index >= 15 is 0 Å². The molecule has 154 valence electrons. The van der Waals surface area contributed by atoms with E-state index in [1.807, 2.05) is 31.2 Å². The van der Waals surface area contributed by atoms with Crippen LogP contribution in [-0.2, 0) is 13.0 Å². The van der Waals surface area contributed by atoms with Gasteiger partial charge in [0.05, 0.1) is 20.8 Å². The molecule has 2 aromatic rings. The van der Waals surface area contributed by atoms with Gasteiger partial charge in [0.15, 0.2) is 17.5 Å². The molecule has 0 aromatic heterocycles. The molecule has 28 heavy (non-hydrogen) atoms. The molecule has 0 amide bonds. The molecule has 0 saturated heterocycles. The summed E-state index contributed by atoms with van der Waals surface area (Å²) in [7, 11) is 3.14. The highest BCUT2D eigenvalue weighted by Crippen LogP contribution is 2.26. The smallest absolute Gasteiger partial charge is 0.191 e. The molecule has 0 aliphatic rings. The van der Waals surface area contributed by atoms with Gasteiger partial charge in [-0.05, 0) is 48.7 Å². The van der Waals surface area contributed by atoms with E-state index in [4.69, 9.17) is 21.1 Å². The van der Waals surface area contributed by atoms with Crippen LogP contribution < -0.4 is 20.1 Å². The minimum atomic E-state index is 0. The fraction of sp³-hybridized carbons (Fsp3) is 0.350. The molecule has 0 heterocycles. The first-order valence-electron chi connectivity index (χ1n) is 8.77. The Kier molecular flexibility index (Phi) is 10.8. The quantitative estimate of drug-likeness (QED) is 0.280. The normalized spacial score (nSPS) is 10.8. The van der Waals surface area contributed by atoms with Crippen LogP contribution >= 0.6 is 35.6 Å². The molecule has 0 aliphatic heterocycles. The highest BCUT2D eigenvalue weighted by molar-refractivity contribution is 14.0. The summed E-state index contributed by atoms with van der Waals surface area (Å²) in [4.78, 5) is 4.55. The van der Waals surface area contributed by atoms with Gasteiger partial charge in [0.25, 0.3) is 0 Å². The van der Waals surface area contributed by atoms with Crippen LogP contribution in [0, 0.1) is 0 Å². The van der Waals surface area contributed by atoms with Crippen molar-refractivity contribution in [2.24, 2.45) is 4.99 Å². The minimum absolute atomic E-state index is 0. The number of rotatable bonds is 8. The van der Waals surface area contributed by atoms with Gasteiger partial charge in [-0.3, -0.25) is 0 Å². The number of ether oxygens (including phenoxy) is 2. The summed E-state index contributed by atoms with van der Waals surface area (Å²) in [6.07, 6.45) is 0.760. The van der Waals surface area contributed by atoms with Crippen LogP contribution in [0.15, 0.2) is 41.4 Å². The van der Waals surface area contributed by atoms with Gasteiger partial charge < -0.3 is 25.2 Å². The van der Waals surface area contributed by atoms with E-state index in [0.717, 1.165) is 29.8 Å². The SMILES string of the molecule is CCNC(=NCc1ccc(OC)c(O)c1)NCCc1ccc(OC)cc1Cl.I. The maximum absolute atomic E-state index is 9.86. The Labute approximate surface area is 188 Å². The number of phenols is 1. The average Bonchev–Trinajstić information content (AvgIpc) is 2.67. The van der Waals surface area contributed by atoms with Crippen molar-refractivity contribution in [1.82, 2.24) is 10.6 Å². The molecule has 0 fully saturated rings. The molecule has 0 bridgehead atoms. The summed E-state index contributed by atoms with van der Waals surface area (Å²) in [5.74, 6) is 2.01. The summed E-state index contributed by atoms with van der Waals surface area (Å²) in [6.45, 7) is 3.89. The second-order valence-corrected chi connectivity index (χ2v) is 6.24. The number of methoxy groups -OCH3 is 2. The second kappa shape index (κ2) is 12.6. The third-order valence-electron chi connectivity index (χ3n) is 3.95. The fourth-order valence-corrected chi connectivity index (χ4v) is 2.78. The summed E-state index contributed by atoms with van der Waals surface area (Å²) < 4.78 is 10.2. The lowest BCUT2D eigenvalue weighted by Gasteiger charge is -2.12. The monoisotopic (exact) mass is 519 g/mol. The van der Waals surface area contributed by atoms with Crippen molar-refractivity contribution in [2.45, 2.75) is 19.9 Å². The van der Waals surface area contributed by atoms with Crippen molar-refractivity contribution in [3.8, 4) is 17.2 Å². The van der Waals surface area contributed by atoms with Gasteiger partial charge in [-0.2, -0.15) is 0 Å². The van der Waals surface area contributed by atoms with Crippen LogP contribution in [0.25, 0.3) is 0 Å². The number of phenolic OH excluding ortho intramolecular Hbond substituents is 1. The number of guanidine groups is 1. The van der Waals surface area contributed by atoms with E-state index in [2.05, 4.69) is 15.6 Å². The zero-order chi connectivity index (χ0) is 19.6. The van der Waals surface area contributed by atoms with Crippen molar-refractivity contribution < 1.29 is 14.6 Å². The predicted molar refractivity (Wildman–Crippen MR) is 125 cm³/mol. The lowest BCUT2D eigenvalue weighted by Crippen LogP contribution is -2.38. The highest BCUT2D eigenvalue weighted by atomic mass is 127. The molecule has 0 aliphatic carbocycles. The van der Waals surface area contributed by atoms with Crippen LogP contribution in [0.4, 0.5) is 0 Å². The number of nitrogens with one attached hydrogen (secondary N) is 2. The van der Waals surface area contributed by atoms with E-state index in [-0.39, 0.29) is 29.7 Å². The van der Waals surface area contributed by atoms with Crippen LogP contribution in [0.5, 0.6) is 17.2 Å². The van der Waals surface area contributed by atoms with E-state index in [0.29, 0.717) is 29.8 Å². The fourth-order valence-electron chi connectivity index (χ4n) is 2.52. The molecule has 2 rings (SSSR count). The summed E-state index contributed by atoms with van der Waals surface area (Å²) in [5.41, 5.74) is 1.93. The Bertz CT molecular complexity index is 787. The Morgan fingerprint density at radius 2 is 1.89 bits per heavy atom. The lowest BCUT2D eigenvalue weighted by molar-refractivity contribution is 0.373. The van der Waals surface area contributed by atoms with E-state index < -0.39 is 0 Å². The summed E-state index contributed by atoms with van der Waals surface area (Å²) in [5, 5.41) is 17.1. The first-order valence-corrected chi connectivity index (χ1v) is 9.15. The molecule has 0 saturated carbocycles. The first kappa shape index (κ1) is 24.2. The van der Waals surface area contributed by atoms with Crippen molar-refractivity contribution in [3.63, 3.8) is 0 Å². The zero-order valence-corrected chi connectivity index (χ0v) is 19.4. The summed E-state index contributed by atoms with van der Waals surface area (Å²) >= 11 is 6.28. The lowest BCUT2D eigenvalue weighted by atomic mass is 10.1. The number of hydrogen-bond acceptors (Lipinski definition) is 4. The Balaban J connectivity index is 0.00000392. The van der Waals surface area contributed by atoms with Gasteiger partial charge in [0.2, 0.25) is 0 Å². The van der Waals surface area contributed by atoms with Crippen LogP contribution in [0.3, 0.4) is 0 Å². The molecule has 0 unspecified atom stereocenters. The predicted octanol–water partition coefficient (Wildman–Crippen LogP) is 3.98. The Hall–Kier alpha value is -1.87. The molecule has 6 nitrogen and oxygen atoms in total. The van der Waals surface area contributed by atoms with Crippen molar-refractivity contribution in [1.29, 1.82) is 0 Å². The number of nitrogens with zero attached hydrogens (tertiary/aromatic N) is 1. The molecule has 2 aromatic carbocycles. The molecule has 8 heteroatoms.